The van der Waals surface area contributed by atoms with Gasteiger partial charge in [0.2, 0.25) is 0 Å². The van der Waals surface area contributed by atoms with Gasteiger partial charge in [0.15, 0.2) is 9.84 Å². The second kappa shape index (κ2) is 6.78. The van der Waals surface area contributed by atoms with Gasteiger partial charge in [0.05, 0.1) is 17.6 Å². The molecule has 122 valence electrons. The first kappa shape index (κ1) is 18.0. The molecule has 0 bridgehead atoms. The summed E-state index contributed by atoms with van der Waals surface area (Å²) in [5.74, 6) is -2.03. The summed E-state index contributed by atoms with van der Waals surface area (Å²) in [5.41, 5.74) is -0.0303. The minimum atomic E-state index is -3.50. The van der Waals surface area contributed by atoms with Gasteiger partial charge in [-0.05, 0) is 24.1 Å². The zero-order valence-corrected chi connectivity index (χ0v) is 13.6. The molecule has 7 nitrogen and oxygen atoms in total. The highest BCUT2D eigenvalue weighted by Gasteiger charge is 2.26. The van der Waals surface area contributed by atoms with E-state index in [9.17, 15) is 18.0 Å². The number of ether oxygens (including phenoxy) is 1. The molecule has 0 aliphatic rings. The van der Waals surface area contributed by atoms with Crippen LogP contribution in [0.15, 0.2) is 23.1 Å². The highest BCUT2D eigenvalue weighted by molar-refractivity contribution is 7.90. The number of sulfone groups is 1. The van der Waals surface area contributed by atoms with Crippen LogP contribution in [-0.2, 0) is 14.6 Å². The highest BCUT2D eigenvalue weighted by atomic mass is 32.2. The van der Waals surface area contributed by atoms with Crippen molar-refractivity contribution in [3.05, 3.63) is 23.8 Å². The lowest BCUT2D eigenvalue weighted by Gasteiger charge is -2.19. The number of methoxy groups -OCH3 is 1. The van der Waals surface area contributed by atoms with Gasteiger partial charge in [-0.1, -0.05) is 13.8 Å². The summed E-state index contributed by atoms with van der Waals surface area (Å²) in [5, 5.41) is 11.5. The molecule has 1 amide bonds. The molecule has 0 aromatic heterocycles. The molecule has 1 aromatic rings. The van der Waals surface area contributed by atoms with Gasteiger partial charge < -0.3 is 15.2 Å². The molecular weight excluding hydrogens is 310 g/mol. The Morgan fingerprint density at radius 2 is 1.86 bits per heavy atom. The van der Waals surface area contributed by atoms with Crippen LogP contribution in [0.1, 0.15) is 24.2 Å². The van der Waals surface area contributed by atoms with Crippen molar-refractivity contribution in [1.29, 1.82) is 0 Å². The van der Waals surface area contributed by atoms with Crippen LogP contribution in [0.3, 0.4) is 0 Å². The second-order valence-electron chi connectivity index (χ2n) is 5.17. The third kappa shape index (κ3) is 4.20. The van der Waals surface area contributed by atoms with Gasteiger partial charge in [0.25, 0.3) is 5.91 Å². The molecule has 0 spiro atoms. The molecule has 0 aliphatic carbocycles. The van der Waals surface area contributed by atoms with E-state index in [0.29, 0.717) is 0 Å². The van der Waals surface area contributed by atoms with Crippen LogP contribution >= 0.6 is 0 Å². The SMILES string of the molecule is COc1ccc(S(C)(=O)=O)cc1C(=O)NC(C(=O)O)C(C)C. The minimum Gasteiger partial charge on any atom is -0.496 e. The average Bonchev–Trinajstić information content (AvgIpc) is 2.41. The van der Waals surface area contributed by atoms with E-state index in [0.717, 1.165) is 6.26 Å². The van der Waals surface area contributed by atoms with E-state index in [2.05, 4.69) is 5.32 Å². The summed E-state index contributed by atoms with van der Waals surface area (Å²) in [6, 6.07) is 2.76. The molecule has 0 radical (unpaired) electrons. The fourth-order valence-corrected chi connectivity index (χ4v) is 2.47. The number of hydrogen-bond donors (Lipinski definition) is 2. The molecule has 0 heterocycles. The number of carboxylic acid groups (broad SMARTS) is 1. The normalized spacial score (nSPS) is 12.8. The largest absolute Gasteiger partial charge is 0.496 e. The first-order valence-corrected chi connectivity index (χ1v) is 8.38. The summed E-state index contributed by atoms with van der Waals surface area (Å²) >= 11 is 0. The number of carbonyl (C=O) groups excluding carboxylic acids is 1. The first-order valence-electron chi connectivity index (χ1n) is 6.49. The molecule has 0 saturated heterocycles. The summed E-state index contributed by atoms with van der Waals surface area (Å²) in [7, 11) is -2.16. The van der Waals surface area contributed by atoms with Crippen molar-refractivity contribution in [2.75, 3.05) is 13.4 Å². The number of carboxylic acids is 1. The smallest absolute Gasteiger partial charge is 0.326 e. The maximum Gasteiger partial charge on any atom is 0.326 e. The molecular formula is C14H19NO6S. The molecule has 1 atom stereocenters. The summed E-state index contributed by atoms with van der Waals surface area (Å²) in [4.78, 5) is 23.4. The summed E-state index contributed by atoms with van der Waals surface area (Å²) < 4.78 is 28.2. The monoisotopic (exact) mass is 329 g/mol. The predicted octanol–water partition coefficient (Wildman–Crippen LogP) is 0.938. The fraction of sp³-hybridized carbons (Fsp3) is 0.429. The van der Waals surface area contributed by atoms with E-state index in [4.69, 9.17) is 9.84 Å². The van der Waals surface area contributed by atoms with Gasteiger partial charge in [-0.15, -0.1) is 0 Å². The number of carbonyl (C=O) groups is 2. The molecule has 0 aliphatic heterocycles. The van der Waals surface area contributed by atoms with Crippen LogP contribution in [0, 0.1) is 5.92 Å². The fourth-order valence-electron chi connectivity index (χ4n) is 1.83. The lowest BCUT2D eigenvalue weighted by molar-refractivity contribution is -0.140. The molecule has 1 aromatic carbocycles. The van der Waals surface area contributed by atoms with Gasteiger partial charge in [-0.25, -0.2) is 13.2 Å². The van der Waals surface area contributed by atoms with Crippen LogP contribution < -0.4 is 10.1 Å². The molecule has 8 heteroatoms. The van der Waals surface area contributed by atoms with Crippen molar-refractivity contribution in [3.8, 4) is 5.75 Å². The summed E-state index contributed by atoms with van der Waals surface area (Å²) in [6.07, 6.45) is 1.02. The van der Waals surface area contributed by atoms with Crippen molar-refractivity contribution in [3.63, 3.8) is 0 Å². The second-order valence-corrected chi connectivity index (χ2v) is 7.18. The number of benzene rings is 1. The van der Waals surface area contributed by atoms with Gasteiger partial charge in [-0.3, -0.25) is 4.79 Å². The van der Waals surface area contributed by atoms with E-state index >= 15 is 0 Å². The first-order chi connectivity index (χ1) is 10.1. The maximum absolute atomic E-state index is 12.3. The third-order valence-electron chi connectivity index (χ3n) is 3.06. The topological polar surface area (TPSA) is 110 Å². The number of aliphatic carboxylic acids is 1. The van der Waals surface area contributed by atoms with Crippen molar-refractivity contribution in [2.45, 2.75) is 24.8 Å². The standard InChI is InChI=1S/C14H19NO6S/c1-8(2)12(14(17)18)15-13(16)10-7-9(22(4,19)20)5-6-11(10)21-3/h5-8,12H,1-4H3,(H,15,16)(H,17,18). The van der Waals surface area contributed by atoms with Crippen LogP contribution in [0.2, 0.25) is 0 Å². The van der Waals surface area contributed by atoms with Crippen molar-refractivity contribution in [1.82, 2.24) is 5.32 Å². The Kier molecular flexibility index (Phi) is 5.54. The van der Waals surface area contributed by atoms with Crippen LogP contribution in [0.25, 0.3) is 0 Å². The minimum absolute atomic E-state index is 0.0303. The Labute approximate surface area is 129 Å². The summed E-state index contributed by atoms with van der Waals surface area (Å²) in [6.45, 7) is 3.31. The quantitative estimate of drug-likeness (QED) is 0.803. The molecule has 0 saturated carbocycles. The van der Waals surface area contributed by atoms with Crippen LogP contribution in [-0.4, -0.2) is 44.8 Å². The van der Waals surface area contributed by atoms with Crippen molar-refractivity contribution in [2.24, 2.45) is 5.92 Å². The van der Waals surface area contributed by atoms with E-state index in [-0.39, 0.29) is 22.1 Å². The highest BCUT2D eigenvalue weighted by Crippen LogP contribution is 2.23. The zero-order chi connectivity index (χ0) is 17.1. The third-order valence-corrected chi connectivity index (χ3v) is 4.17. The number of amides is 1. The lowest BCUT2D eigenvalue weighted by Crippen LogP contribution is -2.44. The zero-order valence-electron chi connectivity index (χ0n) is 12.8. The average molecular weight is 329 g/mol. The van der Waals surface area contributed by atoms with Gasteiger partial charge >= 0.3 is 5.97 Å². The van der Waals surface area contributed by atoms with Crippen molar-refractivity contribution < 1.29 is 27.9 Å². The Bertz CT molecular complexity index is 681. The Balaban J connectivity index is 3.23. The van der Waals surface area contributed by atoms with E-state index in [1.54, 1.807) is 13.8 Å². The number of hydrogen-bond acceptors (Lipinski definition) is 5. The van der Waals surface area contributed by atoms with Gasteiger partial charge in [-0.2, -0.15) is 0 Å². The van der Waals surface area contributed by atoms with E-state index < -0.39 is 27.8 Å². The molecule has 1 unspecified atom stereocenters. The van der Waals surface area contributed by atoms with Gasteiger partial charge in [0.1, 0.15) is 11.8 Å². The molecule has 1 rings (SSSR count). The van der Waals surface area contributed by atoms with Gasteiger partial charge in [0, 0.05) is 6.26 Å². The van der Waals surface area contributed by atoms with E-state index in [1.165, 1.54) is 25.3 Å². The van der Waals surface area contributed by atoms with E-state index in [1.807, 2.05) is 0 Å². The Morgan fingerprint density at radius 3 is 2.27 bits per heavy atom. The predicted molar refractivity (Wildman–Crippen MR) is 79.8 cm³/mol. The lowest BCUT2D eigenvalue weighted by atomic mass is 10.0. The van der Waals surface area contributed by atoms with Crippen LogP contribution in [0.5, 0.6) is 5.75 Å². The Hall–Kier alpha value is -2.09. The number of nitrogens with one attached hydrogen (secondary N) is 1. The molecule has 0 fully saturated rings. The number of rotatable bonds is 6. The Morgan fingerprint density at radius 1 is 1.27 bits per heavy atom. The maximum atomic E-state index is 12.3. The molecule has 22 heavy (non-hydrogen) atoms. The molecule has 2 N–H and O–H groups in total. The van der Waals surface area contributed by atoms with Crippen molar-refractivity contribution >= 4 is 21.7 Å². The van der Waals surface area contributed by atoms with Crippen LogP contribution in [0.4, 0.5) is 0 Å².